The SMILES string of the molecule is COC(=O)CC1(C)Oc2c(Cl)c(C)cc(OC)c2C=C1C=O. The molecule has 1 atom stereocenters. The van der Waals surface area contributed by atoms with Crippen molar-refractivity contribution in [3.05, 3.63) is 27.8 Å². The third-order valence-electron chi connectivity index (χ3n) is 3.70. The highest BCUT2D eigenvalue weighted by Gasteiger charge is 2.39. The van der Waals surface area contributed by atoms with Crippen molar-refractivity contribution >= 4 is 29.9 Å². The molecule has 1 aliphatic rings. The Bertz CT molecular complexity index is 665. The molecule has 1 aromatic carbocycles. The van der Waals surface area contributed by atoms with Crippen molar-refractivity contribution in [3.8, 4) is 11.5 Å². The van der Waals surface area contributed by atoms with Crippen LogP contribution in [0.15, 0.2) is 11.6 Å². The number of methoxy groups -OCH3 is 2. The Morgan fingerprint density at radius 1 is 1.45 bits per heavy atom. The number of ether oxygens (including phenoxy) is 3. The number of aryl methyl sites for hydroxylation is 1. The van der Waals surface area contributed by atoms with Crippen molar-refractivity contribution in [1.29, 1.82) is 0 Å². The molecule has 0 aliphatic carbocycles. The summed E-state index contributed by atoms with van der Waals surface area (Å²) in [5, 5.41) is 0.424. The van der Waals surface area contributed by atoms with Crippen LogP contribution in [0.2, 0.25) is 5.02 Å². The van der Waals surface area contributed by atoms with Crippen molar-refractivity contribution < 1.29 is 23.8 Å². The molecule has 5 nitrogen and oxygen atoms in total. The normalized spacial score (nSPS) is 19.6. The van der Waals surface area contributed by atoms with Gasteiger partial charge in [-0.15, -0.1) is 0 Å². The first kappa shape index (κ1) is 16.4. The lowest BCUT2D eigenvalue weighted by molar-refractivity contribution is -0.143. The van der Waals surface area contributed by atoms with Gasteiger partial charge >= 0.3 is 5.97 Å². The molecule has 0 spiro atoms. The Kier molecular flexibility index (Phi) is 4.47. The van der Waals surface area contributed by atoms with E-state index in [-0.39, 0.29) is 6.42 Å². The Hall–Kier alpha value is -2.01. The van der Waals surface area contributed by atoms with E-state index in [1.807, 2.05) is 6.92 Å². The minimum Gasteiger partial charge on any atom is -0.496 e. The van der Waals surface area contributed by atoms with Crippen LogP contribution in [0.5, 0.6) is 11.5 Å². The number of carbonyl (C=O) groups excluding carboxylic acids is 2. The Morgan fingerprint density at radius 3 is 2.68 bits per heavy atom. The molecule has 0 amide bonds. The molecule has 0 saturated carbocycles. The zero-order valence-electron chi connectivity index (χ0n) is 12.9. The summed E-state index contributed by atoms with van der Waals surface area (Å²) in [6.45, 7) is 3.48. The smallest absolute Gasteiger partial charge is 0.309 e. The van der Waals surface area contributed by atoms with Gasteiger partial charge in [0.1, 0.15) is 17.6 Å². The van der Waals surface area contributed by atoms with Gasteiger partial charge in [0, 0.05) is 5.57 Å². The second-order valence-corrected chi connectivity index (χ2v) is 5.63. The zero-order valence-corrected chi connectivity index (χ0v) is 13.6. The average Bonchev–Trinajstić information content (AvgIpc) is 2.50. The lowest BCUT2D eigenvalue weighted by atomic mass is 9.88. The molecule has 1 unspecified atom stereocenters. The van der Waals surface area contributed by atoms with E-state index in [0.717, 1.165) is 5.56 Å². The van der Waals surface area contributed by atoms with E-state index in [1.165, 1.54) is 14.2 Å². The number of carbonyl (C=O) groups is 2. The fraction of sp³-hybridized carbons (Fsp3) is 0.375. The first-order chi connectivity index (χ1) is 10.4. The molecular weight excluding hydrogens is 308 g/mol. The van der Waals surface area contributed by atoms with Crippen molar-refractivity contribution in [3.63, 3.8) is 0 Å². The average molecular weight is 325 g/mol. The fourth-order valence-corrected chi connectivity index (χ4v) is 2.58. The van der Waals surface area contributed by atoms with Gasteiger partial charge in [-0.3, -0.25) is 9.59 Å². The van der Waals surface area contributed by atoms with E-state index in [0.29, 0.717) is 33.9 Å². The molecule has 0 bridgehead atoms. The molecular formula is C16H17ClO5. The van der Waals surface area contributed by atoms with E-state index in [1.54, 1.807) is 19.1 Å². The van der Waals surface area contributed by atoms with Crippen molar-refractivity contribution in [2.24, 2.45) is 0 Å². The van der Waals surface area contributed by atoms with Gasteiger partial charge < -0.3 is 14.2 Å². The Labute approximate surface area is 133 Å². The van der Waals surface area contributed by atoms with Crippen LogP contribution in [-0.2, 0) is 14.3 Å². The molecule has 2 rings (SSSR count). The van der Waals surface area contributed by atoms with Crippen LogP contribution in [0.25, 0.3) is 6.08 Å². The summed E-state index contributed by atoms with van der Waals surface area (Å²) in [6.07, 6.45) is 2.21. The number of hydrogen-bond donors (Lipinski definition) is 0. The van der Waals surface area contributed by atoms with E-state index in [9.17, 15) is 9.59 Å². The molecule has 0 saturated heterocycles. The highest BCUT2D eigenvalue weighted by atomic mass is 35.5. The number of hydrogen-bond acceptors (Lipinski definition) is 5. The second kappa shape index (κ2) is 6.01. The van der Waals surface area contributed by atoms with Crippen LogP contribution in [0.3, 0.4) is 0 Å². The van der Waals surface area contributed by atoms with E-state index >= 15 is 0 Å². The van der Waals surface area contributed by atoms with E-state index < -0.39 is 11.6 Å². The molecule has 118 valence electrons. The third kappa shape index (κ3) is 2.68. The van der Waals surface area contributed by atoms with Gasteiger partial charge in [0.15, 0.2) is 5.75 Å². The van der Waals surface area contributed by atoms with E-state index in [2.05, 4.69) is 4.74 Å². The standard InChI is InChI=1S/C16H17ClO5/c1-9-5-12(20-3)11-6-10(8-18)16(2,7-13(19)21-4)22-15(11)14(9)17/h5-6,8H,7H2,1-4H3. The maximum Gasteiger partial charge on any atom is 0.309 e. The predicted octanol–water partition coefficient (Wildman–Crippen LogP) is 2.95. The first-order valence-corrected chi connectivity index (χ1v) is 7.04. The molecule has 6 heteroatoms. The summed E-state index contributed by atoms with van der Waals surface area (Å²) in [5.74, 6) is 0.473. The molecule has 0 N–H and O–H groups in total. The topological polar surface area (TPSA) is 61.8 Å². The number of halogens is 1. The van der Waals surface area contributed by atoms with E-state index in [4.69, 9.17) is 21.1 Å². The van der Waals surface area contributed by atoms with Crippen LogP contribution >= 0.6 is 11.6 Å². The number of fused-ring (bicyclic) bond motifs is 1. The first-order valence-electron chi connectivity index (χ1n) is 6.66. The van der Waals surface area contributed by atoms with Gasteiger partial charge in [0.2, 0.25) is 0 Å². The van der Waals surface area contributed by atoms with Gasteiger partial charge in [-0.05, 0) is 31.6 Å². The van der Waals surface area contributed by atoms with Crippen LogP contribution < -0.4 is 9.47 Å². The quantitative estimate of drug-likeness (QED) is 0.629. The number of aldehydes is 1. The highest BCUT2D eigenvalue weighted by Crippen LogP contribution is 2.46. The molecule has 0 radical (unpaired) electrons. The Morgan fingerprint density at radius 2 is 2.14 bits per heavy atom. The maximum atomic E-state index is 11.6. The number of rotatable bonds is 4. The summed E-state index contributed by atoms with van der Waals surface area (Å²) in [4.78, 5) is 23.1. The van der Waals surface area contributed by atoms with Crippen LogP contribution in [0, 0.1) is 6.92 Å². The minimum absolute atomic E-state index is 0.0971. The number of esters is 1. The van der Waals surface area contributed by atoms with Crippen LogP contribution in [0.4, 0.5) is 0 Å². The summed E-state index contributed by atoms with van der Waals surface area (Å²) in [6, 6.07) is 1.77. The van der Waals surface area contributed by atoms with Gasteiger partial charge in [-0.1, -0.05) is 11.6 Å². The van der Waals surface area contributed by atoms with Gasteiger partial charge in [0.25, 0.3) is 0 Å². The fourth-order valence-electron chi connectivity index (χ4n) is 2.39. The molecule has 1 heterocycles. The van der Waals surface area contributed by atoms with Crippen molar-refractivity contribution in [1.82, 2.24) is 0 Å². The molecule has 1 aromatic rings. The van der Waals surface area contributed by atoms with Gasteiger partial charge in [-0.2, -0.15) is 0 Å². The molecule has 1 aliphatic heterocycles. The summed E-state index contributed by atoms with van der Waals surface area (Å²) >= 11 is 6.31. The highest BCUT2D eigenvalue weighted by molar-refractivity contribution is 6.33. The molecule has 0 aromatic heterocycles. The lowest BCUT2D eigenvalue weighted by Crippen LogP contribution is -2.40. The monoisotopic (exact) mass is 324 g/mol. The van der Waals surface area contributed by atoms with Crippen LogP contribution in [-0.4, -0.2) is 32.1 Å². The van der Waals surface area contributed by atoms with Crippen molar-refractivity contribution in [2.75, 3.05) is 14.2 Å². The van der Waals surface area contributed by atoms with Gasteiger partial charge in [-0.25, -0.2) is 0 Å². The number of benzene rings is 1. The molecule has 0 fully saturated rings. The van der Waals surface area contributed by atoms with Crippen molar-refractivity contribution in [2.45, 2.75) is 25.9 Å². The second-order valence-electron chi connectivity index (χ2n) is 5.26. The lowest BCUT2D eigenvalue weighted by Gasteiger charge is -2.35. The third-order valence-corrected chi connectivity index (χ3v) is 4.17. The largest absolute Gasteiger partial charge is 0.496 e. The predicted molar refractivity (Wildman–Crippen MR) is 82.4 cm³/mol. The summed E-state index contributed by atoms with van der Waals surface area (Å²) < 4.78 is 15.9. The summed E-state index contributed by atoms with van der Waals surface area (Å²) in [7, 11) is 2.81. The van der Waals surface area contributed by atoms with Gasteiger partial charge in [0.05, 0.1) is 31.2 Å². The minimum atomic E-state index is -1.13. The summed E-state index contributed by atoms with van der Waals surface area (Å²) in [5.41, 5.74) is 0.552. The Balaban J connectivity index is 2.61. The van der Waals surface area contributed by atoms with Crippen LogP contribution in [0.1, 0.15) is 24.5 Å². The molecule has 22 heavy (non-hydrogen) atoms. The zero-order chi connectivity index (χ0) is 16.5. The maximum absolute atomic E-state index is 11.6.